The molecule has 0 saturated heterocycles. The zero-order valence-electron chi connectivity index (χ0n) is 15.4. The molecule has 0 radical (unpaired) electrons. The lowest BCUT2D eigenvalue weighted by Crippen LogP contribution is -2.23. The first-order valence-corrected chi connectivity index (χ1v) is 10.5. The van der Waals surface area contributed by atoms with Gasteiger partial charge in [-0.2, -0.15) is 11.3 Å². The number of nitrogens with one attached hydrogen (secondary N) is 1. The molecule has 0 saturated carbocycles. The van der Waals surface area contributed by atoms with Gasteiger partial charge < -0.3 is 5.32 Å². The van der Waals surface area contributed by atoms with Crippen molar-refractivity contribution in [1.82, 2.24) is 14.3 Å². The van der Waals surface area contributed by atoms with E-state index in [2.05, 4.69) is 10.3 Å². The third-order valence-corrected chi connectivity index (χ3v) is 6.10. The standard InChI is InChI=1S/C20H18N4O2S2/c1-13-18(20(26)24(23(13)2)16-6-4-3-5-7-16)22-17(25)10-15-12-28-19(21-15)14-8-9-27-11-14/h3-9,11-12H,10H2,1-2H3,(H,22,25). The highest BCUT2D eigenvalue weighted by Gasteiger charge is 2.18. The van der Waals surface area contributed by atoms with Crippen LogP contribution in [0.1, 0.15) is 11.4 Å². The first kappa shape index (κ1) is 18.4. The second-order valence-electron chi connectivity index (χ2n) is 6.32. The van der Waals surface area contributed by atoms with Crippen LogP contribution < -0.4 is 10.9 Å². The van der Waals surface area contributed by atoms with Gasteiger partial charge in [0, 0.05) is 23.4 Å². The number of hydrogen-bond acceptors (Lipinski definition) is 5. The van der Waals surface area contributed by atoms with Crippen LogP contribution in [0.2, 0.25) is 0 Å². The summed E-state index contributed by atoms with van der Waals surface area (Å²) in [5.41, 5.74) is 3.24. The van der Waals surface area contributed by atoms with Crippen LogP contribution in [0.3, 0.4) is 0 Å². The summed E-state index contributed by atoms with van der Waals surface area (Å²) >= 11 is 3.12. The number of benzene rings is 1. The predicted molar refractivity (Wildman–Crippen MR) is 114 cm³/mol. The maximum Gasteiger partial charge on any atom is 0.295 e. The number of thiazole rings is 1. The first-order chi connectivity index (χ1) is 13.5. The van der Waals surface area contributed by atoms with Crippen molar-refractivity contribution in [2.45, 2.75) is 13.3 Å². The lowest BCUT2D eigenvalue weighted by molar-refractivity contribution is -0.115. The highest BCUT2D eigenvalue weighted by atomic mass is 32.1. The highest BCUT2D eigenvalue weighted by Crippen LogP contribution is 2.26. The van der Waals surface area contributed by atoms with Crippen molar-refractivity contribution in [3.8, 4) is 16.3 Å². The van der Waals surface area contributed by atoms with Crippen LogP contribution in [0.15, 0.2) is 57.3 Å². The Morgan fingerprint density at radius 2 is 1.96 bits per heavy atom. The normalized spacial score (nSPS) is 10.9. The first-order valence-electron chi connectivity index (χ1n) is 8.65. The summed E-state index contributed by atoms with van der Waals surface area (Å²) in [4.78, 5) is 29.9. The largest absolute Gasteiger partial charge is 0.320 e. The summed E-state index contributed by atoms with van der Waals surface area (Å²) in [6, 6.07) is 11.4. The Kier molecular flexibility index (Phi) is 4.97. The predicted octanol–water partition coefficient (Wildman–Crippen LogP) is 3.85. The molecule has 142 valence electrons. The van der Waals surface area contributed by atoms with E-state index in [9.17, 15) is 9.59 Å². The van der Waals surface area contributed by atoms with Crippen molar-refractivity contribution >= 4 is 34.3 Å². The van der Waals surface area contributed by atoms with Gasteiger partial charge in [-0.05, 0) is 30.5 Å². The van der Waals surface area contributed by atoms with Crippen molar-refractivity contribution in [2.75, 3.05) is 5.32 Å². The molecule has 8 heteroatoms. The van der Waals surface area contributed by atoms with Crippen LogP contribution in [0.5, 0.6) is 0 Å². The highest BCUT2D eigenvalue weighted by molar-refractivity contribution is 7.14. The molecule has 1 N–H and O–H groups in total. The van der Waals surface area contributed by atoms with Crippen LogP contribution in [0.4, 0.5) is 5.69 Å². The van der Waals surface area contributed by atoms with Crippen molar-refractivity contribution in [2.24, 2.45) is 7.05 Å². The van der Waals surface area contributed by atoms with Crippen LogP contribution in [-0.4, -0.2) is 20.3 Å². The minimum atomic E-state index is -0.256. The molecule has 0 unspecified atom stereocenters. The minimum Gasteiger partial charge on any atom is -0.320 e. The van der Waals surface area contributed by atoms with Crippen molar-refractivity contribution in [3.05, 3.63) is 74.3 Å². The Hall–Kier alpha value is -2.97. The van der Waals surface area contributed by atoms with Gasteiger partial charge in [0.15, 0.2) is 0 Å². The maximum atomic E-state index is 12.9. The molecule has 0 aliphatic heterocycles. The average molecular weight is 411 g/mol. The second kappa shape index (κ2) is 7.57. The van der Waals surface area contributed by atoms with Gasteiger partial charge in [0.05, 0.1) is 23.5 Å². The Morgan fingerprint density at radius 3 is 2.68 bits per heavy atom. The number of aromatic nitrogens is 3. The van der Waals surface area contributed by atoms with Crippen molar-refractivity contribution in [3.63, 3.8) is 0 Å². The van der Waals surface area contributed by atoms with Crippen LogP contribution in [0, 0.1) is 6.92 Å². The van der Waals surface area contributed by atoms with E-state index in [1.54, 1.807) is 27.7 Å². The van der Waals surface area contributed by atoms with Gasteiger partial charge in [0.1, 0.15) is 10.7 Å². The Labute approximate surface area is 169 Å². The van der Waals surface area contributed by atoms with Gasteiger partial charge in [0.25, 0.3) is 5.56 Å². The van der Waals surface area contributed by atoms with Gasteiger partial charge in [-0.1, -0.05) is 18.2 Å². The van der Waals surface area contributed by atoms with Gasteiger partial charge in [-0.3, -0.25) is 14.3 Å². The van der Waals surface area contributed by atoms with Crippen LogP contribution in [0.25, 0.3) is 16.3 Å². The summed E-state index contributed by atoms with van der Waals surface area (Å²) in [6.45, 7) is 1.81. The fourth-order valence-electron chi connectivity index (χ4n) is 2.97. The molecule has 4 aromatic rings. The fraction of sp³-hybridized carbons (Fsp3) is 0.150. The number of amides is 1. The second-order valence-corrected chi connectivity index (χ2v) is 7.96. The number of hydrogen-bond donors (Lipinski definition) is 1. The van der Waals surface area contributed by atoms with Crippen LogP contribution >= 0.6 is 22.7 Å². The third kappa shape index (κ3) is 3.44. The van der Waals surface area contributed by atoms with Gasteiger partial charge in [-0.15, -0.1) is 11.3 Å². The van der Waals surface area contributed by atoms with E-state index in [1.165, 1.54) is 11.3 Å². The lowest BCUT2D eigenvalue weighted by Gasteiger charge is -2.07. The monoisotopic (exact) mass is 410 g/mol. The van der Waals surface area contributed by atoms with Crippen molar-refractivity contribution in [1.29, 1.82) is 0 Å². The van der Waals surface area contributed by atoms with Gasteiger partial charge >= 0.3 is 0 Å². The SMILES string of the molecule is Cc1c(NC(=O)Cc2csc(-c3ccsc3)n2)c(=O)n(-c2ccccc2)n1C. The number of anilines is 1. The number of rotatable bonds is 5. The van der Waals surface area contributed by atoms with E-state index < -0.39 is 0 Å². The summed E-state index contributed by atoms with van der Waals surface area (Å²) in [5, 5.41) is 9.58. The fourth-order valence-corrected chi connectivity index (χ4v) is 4.50. The molecule has 0 fully saturated rings. The number of nitrogens with zero attached hydrogens (tertiary/aromatic N) is 3. The molecule has 1 aromatic carbocycles. The van der Waals surface area contributed by atoms with Crippen molar-refractivity contribution < 1.29 is 4.79 Å². The zero-order valence-corrected chi connectivity index (χ0v) is 17.0. The number of thiophene rings is 1. The van der Waals surface area contributed by atoms with E-state index in [0.29, 0.717) is 17.1 Å². The molecule has 1 amide bonds. The van der Waals surface area contributed by atoms with Gasteiger partial charge in [-0.25, -0.2) is 9.67 Å². The molecule has 4 rings (SSSR count). The quantitative estimate of drug-likeness (QED) is 0.543. The molecule has 6 nitrogen and oxygen atoms in total. The molecule has 0 aliphatic rings. The van der Waals surface area contributed by atoms with E-state index in [-0.39, 0.29) is 17.9 Å². The van der Waals surface area contributed by atoms with Crippen LogP contribution in [-0.2, 0) is 18.3 Å². The molecule has 3 heterocycles. The zero-order chi connectivity index (χ0) is 19.7. The number of para-hydroxylation sites is 1. The summed E-state index contributed by atoms with van der Waals surface area (Å²) in [5.74, 6) is -0.256. The molecular formula is C20H18N4O2S2. The summed E-state index contributed by atoms with van der Waals surface area (Å²) in [7, 11) is 1.80. The van der Waals surface area contributed by atoms with E-state index in [0.717, 1.165) is 16.3 Å². The lowest BCUT2D eigenvalue weighted by atomic mass is 10.3. The third-order valence-electron chi connectivity index (χ3n) is 4.48. The average Bonchev–Trinajstić information content (AvgIpc) is 3.41. The molecule has 0 bridgehead atoms. The Morgan fingerprint density at radius 1 is 1.18 bits per heavy atom. The topological polar surface area (TPSA) is 68.9 Å². The Balaban J connectivity index is 1.55. The summed E-state index contributed by atoms with van der Waals surface area (Å²) < 4.78 is 3.28. The molecule has 3 aromatic heterocycles. The number of carbonyl (C=O) groups is 1. The molecule has 0 atom stereocenters. The number of carbonyl (C=O) groups excluding carboxylic acids is 1. The van der Waals surface area contributed by atoms with E-state index >= 15 is 0 Å². The Bertz CT molecular complexity index is 1170. The molecule has 0 aliphatic carbocycles. The molecule has 0 spiro atoms. The molecular weight excluding hydrogens is 392 g/mol. The molecule has 28 heavy (non-hydrogen) atoms. The minimum absolute atomic E-state index is 0.125. The van der Waals surface area contributed by atoms with Gasteiger partial charge in [0.2, 0.25) is 5.91 Å². The smallest absolute Gasteiger partial charge is 0.295 e. The maximum absolute atomic E-state index is 12.9. The van der Waals surface area contributed by atoms with E-state index in [1.807, 2.05) is 59.5 Å². The summed E-state index contributed by atoms with van der Waals surface area (Å²) in [6.07, 6.45) is 0.125. The van der Waals surface area contributed by atoms with E-state index in [4.69, 9.17) is 0 Å².